The van der Waals surface area contributed by atoms with Crippen molar-refractivity contribution in [1.29, 1.82) is 0 Å². The third-order valence-corrected chi connectivity index (χ3v) is 6.62. The molecule has 2 aromatic heterocycles. The van der Waals surface area contributed by atoms with Crippen LogP contribution in [0.2, 0.25) is 0 Å². The molecule has 1 amide bonds. The number of rotatable bonds is 4. The second-order valence-electron chi connectivity index (χ2n) is 6.53. The number of imidazole rings is 1. The first kappa shape index (κ1) is 19.2. The van der Waals surface area contributed by atoms with Crippen molar-refractivity contribution in [3.05, 3.63) is 72.7 Å². The fourth-order valence-corrected chi connectivity index (χ4v) is 4.60. The Morgan fingerprint density at radius 2 is 1.86 bits per heavy atom. The van der Waals surface area contributed by atoms with Gasteiger partial charge in [0.2, 0.25) is 10.0 Å². The van der Waals surface area contributed by atoms with Crippen LogP contribution in [0.15, 0.2) is 66.2 Å². The van der Waals surface area contributed by atoms with Gasteiger partial charge in [0.15, 0.2) is 0 Å². The number of hydrogen-bond donors (Lipinski definition) is 0. The van der Waals surface area contributed by atoms with Crippen molar-refractivity contribution in [3.8, 4) is 5.82 Å². The van der Waals surface area contributed by atoms with Crippen molar-refractivity contribution in [1.82, 2.24) is 23.7 Å². The number of carbonyl (C=O) groups excluding carboxylic acids is 1. The molecule has 0 unspecified atom stereocenters. The molecule has 0 aliphatic carbocycles. The molecule has 0 radical (unpaired) electrons. The Kier molecular flexibility index (Phi) is 5.12. The number of nitrogens with zero attached hydrogens (tertiary/aromatic N) is 5. The first-order chi connectivity index (χ1) is 13.9. The van der Waals surface area contributed by atoms with Crippen molar-refractivity contribution in [3.63, 3.8) is 0 Å². The first-order valence-corrected chi connectivity index (χ1v) is 10.4. The monoisotopic (exact) mass is 415 g/mol. The summed E-state index contributed by atoms with van der Waals surface area (Å²) >= 11 is 0. The summed E-state index contributed by atoms with van der Waals surface area (Å²) in [5, 5.41) is 0. The van der Waals surface area contributed by atoms with Gasteiger partial charge in [-0.3, -0.25) is 9.36 Å². The van der Waals surface area contributed by atoms with Crippen molar-refractivity contribution >= 4 is 15.9 Å². The summed E-state index contributed by atoms with van der Waals surface area (Å²) in [6, 6.07) is 8.33. The molecule has 150 valence electrons. The fourth-order valence-electron chi connectivity index (χ4n) is 3.15. The summed E-state index contributed by atoms with van der Waals surface area (Å²) in [6.45, 7) is 0.781. The van der Waals surface area contributed by atoms with Gasteiger partial charge in [0.05, 0.1) is 10.5 Å². The van der Waals surface area contributed by atoms with Gasteiger partial charge in [0.1, 0.15) is 18.0 Å². The van der Waals surface area contributed by atoms with E-state index >= 15 is 0 Å². The lowest BCUT2D eigenvalue weighted by atomic mass is 10.2. The number of amides is 1. The molecule has 10 heteroatoms. The second kappa shape index (κ2) is 7.72. The van der Waals surface area contributed by atoms with E-state index in [0.717, 1.165) is 6.07 Å². The molecular weight excluding hydrogens is 397 g/mol. The van der Waals surface area contributed by atoms with Gasteiger partial charge in [-0.1, -0.05) is 6.07 Å². The van der Waals surface area contributed by atoms with Crippen LogP contribution in [-0.4, -0.2) is 64.2 Å². The summed E-state index contributed by atoms with van der Waals surface area (Å²) in [6.07, 6.45) is 6.50. The van der Waals surface area contributed by atoms with E-state index in [1.54, 1.807) is 40.3 Å². The number of carbonyl (C=O) groups is 1. The summed E-state index contributed by atoms with van der Waals surface area (Å²) in [7, 11) is -3.79. The molecule has 8 nitrogen and oxygen atoms in total. The van der Waals surface area contributed by atoms with Crippen LogP contribution in [0.3, 0.4) is 0 Å². The zero-order valence-corrected chi connectivity index (χ0v) is 16.2. The van der Waals surface area contributed by atoms with Crippen molar-refractivity contribution in [2.24, 2.45) is 0 Å². The van der Waals surface area contributed by atoms with Gasteiger partial charge in [-0.25, -0.2) is 22.8 Å². The normalized spacial score (nSPS) is 15.4. The maximum absolute atomic E-state index is 13.4. The summed E-state index contributed by atoms with van der Waals surface area (Å²) in [5.74, 6) is -0.172. The number of benzene rings is 1. The highest BCUT2D eigenvalue weighted by atomic mass is 32.2. The molecule has 0 N–H and O–H groups in total. The molecule has 29 heavy (non-hydrogen) atoms. The average molecular weight is 415 g/mol. The van der Waals surface area contributed by atoms with Crippen LogP contribution in [0.4, 0.5) is 4.39 Å². The Morgan fingerprint density at radius 1 is 1.07 bits per heavy atom. The molecule has 0 saturated carbocycles. The van der Waals surface area contributed by atoms with Gasteiger partial charge in [0, 0.05) is 44.8 Å². The number of aromatic nitrogens is 3. The van der Waals surface area contributed by atoms with Crippen molar-refractivity contribution in [2.45, 2.75) is 4.90 Å². The largest absolute Gasteiger partial charge is 0.336 e. The van der Waals surface area contributed by atoms with E-state index in [1.165, 1.54) is 28.7 Å². The van der Waals surface area contributed by atoms with Gasteiger partial charge >= 0.3 is 0 Å². The summed E-state index contributed by atoms with van der Waals surface area (Å²) in [5.41, 5.74) is 0.426. The quantitative estimate of drug-likeness (QED) is 0.645. The van der Waals surface area contributed by atoms with E-state index in [-0.39, 0.29) is 37.0 Å². The van der Waals surface area contributed by atoms with E-state index in [4.69, 9.17) is 0 Å². The van der Waals surface area contributed by atoms with E-state index in [2.05, 4.69) is 9.97 Å². The molecule has 1 saturated heterocycles. The van der Waals surface area contributed by atoms with Gasteiger partial charge in [-0.05, 0) is 30.3 Å². The predicted molar refractivity (Wildman–Crippen MR) is 102 cm³/mol. The number of pyridine rings is 1. The molecule has 1 aliphatic rings. The fraction of sp³-hybridized carbons (Fsp3) is 0.211. The van der Waals surface area contributed by atoms with Crippen LogP contribution in [0.1, 0.15) is 10.4 Å². The molecule has 3 aromatic rings. The Morgan fingerprint density at radius 3 is 2.48 bits per heavy atom. The molecule has 1 aromatic carbocycles. The third-order valence-electron chi connectivity index (χ3n) is 4.72. The number of sulfonamides is 1. The maximum Gasteiger partial charge on any atom is 0.255 e. The highest BCUT2D eigenvalue weighted by molar-refractivity contribution is 7.89. The van der Waals surface area contributed by atoms with Crippen molar-refractivity contribution < 1.29 is 17.6 Å². The Labute approximate surface area is 167 Å². The van der Waals surface area contributed by atoms with Crippen LogP contribution < -0.4 is 0 Å². The van der Waals surface area contributed by atoms with E-state index in [9.17, 15) is 17.6 Å². The van der Waals surface area contributed by atoms with E-state index in [0.29, 0.717) is 11.4 Å². The Bertz CT molecular complexity index is 1110. The molecule has 3 heterocycles. The molecule has 0 bridgehead atoms. The number of piperazine rings is 1. The molecule has 0 spiro atoms. The average Bonchev–Trinajstić information content (AvgIpc) is 3.28. The zero-order valence-electron chi connectivity index (χ0n) is 15.3. The topological polar surface area (TPSA) is 88.4 Å². The lowest BCUT2D eigenvalue weighted by Gasteiger charge is -2.34. The summed E-state index contributed by atoms with van der Waals surface area (Å²) in [4.78, 5) is 22.4. The molecule has 0 atom stereocenters. The Balaban J connectivity index is 1.42. The van der Waals surface area contributed by atoms with Crippen molar-refractivity contribution in [2.75, 3.05) is 26.2 Å². The van der Waals surface area contributed by atoms with Crippen LogP contribution >= 0.6 is 0 Å². The minimum atomic E-state index is -3.79. The minimum Gasteiger partial charge on any atom is -0.336 e. The minimum absolute atomic E-state index is 0.0865. The van der Waals surface area contributed by atoms with Crippen LogP contribution in [-0.2, 0) is 10.0 Å². The molecule has 1 aliphatic heterocycles. The zero-order chi connectivity index (χ0) is 20.4. The predicted octanol–water partition coefficient (Wildman–Crippen LogP) is 1.55. The Hall–Kier alpha value is -3.11. The van der Waals surface area contributed by atoms with E-state index < -0.39 is 15.8 Å². The lowest BCUT2D eigenvalue weighted by molar-refractivity contribution is 0.0697. The molecule has 1 fully saturated rings. The third kappa shape index (κ3) is 3.89. The highest BCUT2D eigenvalue weighted by Crippen LogP contribution is 2.19. The second-order valence-corrected chi connectivity index (χ2v) is 8.47. The van der Waals surface area contributed by atoms with Crippen LogP contribution in [0.5, 0.6) is 0 Å². The molecular formula is C19H18FN5O3S. The maximum atomic E-state index is 13.4. The highest BCUT2D eigenvalue weighted by Gasteiger charge is 2.30. The van der Waals surface area contributed by atoms with E-state index in [1.807, 2.05) is 0 Å². The van der Waals surface area contributed by atoms with Gasteiger partial charge < -0.3 is 4.90 Å². The first-order valence-electron chi connectivity index (χ1n) is 8.94. The van der Waals surface area contributed by atoms with Gasteiger partial charge in [0.25, 0.3) is 5.91 Å². The SMILES string of the molecule is O=C(c1ccc(-n2ccnc2)nc1)N1CCN(S(=O)(=O)c2cccc(F)c2)CC1. The van der Waals surface area contributed by atoms with Crippen LogP contribution in [0, 0.1) is 5.82 Å². The lowest BCUT2D eigenvalue weighted by Crippen LogP contribution is -2.50. The smallest absolute Gasteiger partial charge is 0.255 e. The number of hydrogen-bond acceptors (Lipinski definition) is 5. The van der Waals surface area contributed by atoms with Crippen LogP contribution in [0.25, 0.3) is 5.82 Å². The van der Waals surface area contributed by atoms with Gasteiger partial charge in [-0.2, -0.15) is 4.31 Å². The summed E-state index contributed by atoms with van der Waals surface area (Å²) < 4.78 is 41.7. The molecule has 4 rings (SSSR count). The standard InChI is InChI=1S/C19H18FN5O3S/c20-16-2-1-3-17(12-16)29(27,28)25-10-8-23(9-11-25)19(26)15-4-5-18(22-13-15)24-7-6-21-14-24/h1-7,12-14H,8-11H2. The number of halogens is 1. The van der Waals surface area contributed by atoms with Gasteiger partial charge in [-0.15, -0.1) is 0 Å².